The third-order valence-corrected chi connectivity index (χ3v) is 7.07. The Kier molecular flexibility index (Phi) is 5.56. The van der Waals surface area contributed by atoms with Crippen LogP contribution in [0, 0.1) is 13.8 Å². The summed E-state index contributed by atoms with van der Waals surface area (Å²) < 4.78 is 11.8. The van der Waals surface area contributed by atoms with Crippen LogP contribution in [-0.2, 0) is 0 Å². The SMILES string of the molecule is Cc1cc2cc(Oc3nc(Nc4cc(C5CCC5)no4)cc(N4CCN(C)CC4)n3)cc(C)c2[nH]1. The zero-order valence-electron chi connectivity index (χ0n) is 20.5. The van der Waals surface area contributed by atoms with Crippen LogP contribution in [0.5, 0.6) is 11.8 Å². The number of fused-ring (bicyclic) bond motifs is 1. The Morgan fingerprint density at radius 3 is 2.63 bits per heavy atom. The number of H-pyrrole nitrogens is 1. The number of aromatic nitrogens is 4. The van der Waals surface area contributed by atoms with Gasteiger partial charge >= 0.3 is 6.01 Å². The fourth-order valence-electron chi connectivity index (χ4n) is 4.79. The summed E-state index contributed by atoms with van der Waals surface area (Å²) in [6.45, 7) is 7.89. The molecular weight excluding hydrogens is 442 g/mol. The molecule has 4 heterocycles. The number of benzene rings is 1. The maximum atomic E-state index is 6.22. The summed E-state index contributed by atoms with van der Waals surface area (Å²) in [6, 6.07) is 10.4. The van der Waals surface area contributed by atoms with Crippen molar-refractivity contribution >= 4 is 28.4 Å². The second-order valence-corrected chi connectivity index (χ2v) is 9.81. The van der Waals surface area contributed by atoms with E-state index in [0.29, 0.717) is 29.4 Å². The van der Waals surface area contributed by atoms with Crippen molar-refractivity contribution in [2.75, 3.05) is 43.4 Å². The summed E-state index contributed by atoms with van der Waals surface area (Å²) in [5.74, 6) is 3.26. The van der Waals surface area contributed by atoms with Crippen molar-refractivity contribution in [2.24, 2.45) is 0 Å². The van der Waals surface area contributed by atoms with E-state index in [1.54, 1.807) is 0 Å². The Labute approximate surface area is 204 Å². The maximum Gasteiger partial charge on any atom is 0.325 e. The molecule has 0 bridgehead atoms. The van der Waals surface area contributed by atoms with Crippen LogP contribution in [0.4, 0.5) is 17.5 Å². The van der Waals surface area contributed by atoms with Crippen LogP contribution >= 0.6 is 0 Å². The fourth-order valence-corrected chi connectivity index (χ4v) is 4.79. The Balaban J connectivity index is 1.31. The molecule has 9 nitrogen and oxygen atoms in total. The van der Waals surface area contributed by atoms with E-state index in [1.807, 2.05) is 24.3 Å². The number of anilines is 3. The van der Waals surface area contributed by atoms with Crippen molar-refractivity contribution in [2.45, 2.75) is 39.0 Å². The first-order valence-electron chi connectivity index (χ1n) is 12.3. The lowest BCUT2D eigenvalue weighted by molar-refractivity contribution is 0.311. The van der Waals surface area contributed by atoms with Crippen molar-refractivity contribution in [1.82, 2.24) is 25.0 Å². The third kappa shape index (κ3) is 4.55. The molecule has 1 saturated carbocycles. The standard InChI is InChI=1S/C26H31N7O2/c1-16-11-20(13-19-12-17(2)27-25(16)19)34-26-29-22(15-23(30-26)33-9-7-32(3)8-10-33)28-24-14-21(31-35-24)18-5-4-6-18/h11-15,18,27H,4-10H2,1-3H3,(H,28,29,30). The lowest BCUT2D eigenvalue weighted by atomic mass is 9.83. The third-order valence-electron chi connectivity index (χ3n) is 7.07. The highest BCUT2D eigenvalue weighted by Gasteiger charge is 2.24. The summed E-state index contributed by atoms with van der Waals surface area (Å²) in [5.41, 5.74) is 4.36. The zero-order chi connectivity index (χ0) is 23.9. The molecule has 1 aliphatic heterocycles. The minimum absolute atomic E-state index is 0.300. The Morgan fingerprint density at radius 2 is 1.86 bits per heavy atom. The van der Waals surface area contributed by atoms with Gasteiger partial charge in [0.1, 0.15) is 17.4 Å². The topological polar surface area (TPSA) is 95.3 Å². The first-order chi connectivity index (χ1) is 17.0. The van der Waals surface area contributed by atoms with Gasteiger partial charge in [-0.15, -0.1) is 0 Å². The quantitative estimate of drug-likeness (QED) is 0.399. The zero-order valence-corrected chi connectivity index (χ0v) is 20.5. The first kappa shape index (κ1) is 21.9. The minimum atomic E-state index is 0.300. The van der Waals surface area contributed by atoms with Gasteiger partial charge in [-0.25, -0.2) is 0 Å². The number of rotatable bonds is 6. The van der Waals surface area contributed by atoms with E-state index in [4.69, 9.17) is 14.2 Å². The summed E-state index contributed by atoms with van der Waals surface area (Å²) in [4.78, 5) is 17.4. The fraction of sp³-hybridized carbons (Fsp3) is 0.423. The van der Waals surface area contributed by atoms with Gasteiger partial charge in [-0.1, -0.05) is 11.6 Å². The van der Waals surface area contributed by atoms with Gasteiger partial charge in [0.05, 0.1) is 5.69 Å². The molecule has 9 heteroatoms. The van der Waals surface area contributed by atoms with Crippen LogP contribution < -0.4 is 15.0 Å². The van der Waals surface area contributed by atoms with Gasteiger partial charge in [0, 0.05) is 60.8 Å². The molecule has 6 rings (SSSR count). The van der Waals surface area contributed by atoms with E-state index in [1.165, 1.54) is 19.3 Å². The Hall–Kier alpha value is -3.59. The molecule has 4 aromatic rings. The summed E-state index contributed by atoms with van der Waals surface area (Å²) in [5, 5.41) is 8.65. The molecule has 0 unspecified atom stereocenters. The smallest absolute Gasteiger partial charge is 0.325 e. The molecule has 2 fully saturated rings. The van der Waals surface area contributed by atoms with Gasteiger partial charge < -0.3 is 29.4 Å². The summed E-state index contributed by atoms with van der Waals surface area (Å²) in [7, 11) is 2.14. The van der Waals surface area contributed by atoms with Crippen molar-refractivity contribution in [1.29, 1.82) is 0 Å². The maximum absolute atomic E-state index is 6.22. The van der Waals surface area contributed by atoms with E-state index >= 15 is 0 Å². The lowest BCUT2D eigenvalue weighted by Gasteiger charge is -2.33. The molecule has 2 N–H and O–H groups in total. The number of nitrogens with zero attached hydrogens (tertiary/aromatic N) is 5. The summed E-state index contributed by atoms with van der Waals surface area (Å²) >= 11 is 0. The van der Waals surface area contributed by atoms with Crippen LogP contribution in [0.25, 0.3) is 10.9 Å². The molecule has 0 spiro atoms. The van der Waals surface area contributed by atoms with Crippen molar-refractivity contribution < 1.29 is 9.26 Å². The normalized spacial score (nSPS) is 17.1. The number of hydrogen-bond donors (Lipinski definition) is 2. The number of ether oxygens (including phenoxy) is 1. The summed E-state index contributed by atoms with van der Waals surface area (Å²) in [6.07, 6.45) is 3.61. The Morgan fingerprint density at radius 1 is 1.03 bits per heavy atom. The number of piperazine rings is 1. The minimum Gasteiger partial charge on any atom is -0.424 e. The van der Waals surface area contributed by atoms with E-state index in [9.17, 15) is 0 Å². The molecular formula is C26H31N7O2. The lowest BCUT2D eigenvalue weighted by Crippen LogP contribution is -2.44. The second-order valence-electron chi connectivity index (χ2n) is 9.81. The average Bonchev–Trinajstić information content (AvgIpc) is 3.39. The number of aryl methyl sites for hydroxylation is 2. The predicted molar refractivity (Wildman–Crippen MR) is 136 cm³/mol. The molecule has 2 aliphatic rings. The van der Waals surface area contributed by atoms with Crippen molar-refractivity contribution in [3.8, 4) is 11.8 Å². The second kappa shape index (κ2) is 8.88. The molecule has 1 aliphatic carbocycles. The molecule has 182 valence electrons. The van der Waals surface area contributed by atoms with E-state index < -0.39 is 0 Å². The number of aromatic amines is 1. The van der Waals surface area contributed by atoms with Crippen LogP contribution in [-0.4, -0.2) is 58.2 Å². The highest BCUT2D eigenvalue weighted by Crippen LogP contribution is 2.37. The van der Waals surface area contributed by atoms with Crippen LogP contribution in [0.2, 0.25) is 0 Å². The molecule has 1 saturated heterocycles. The van der Waals surface area contributed by atoms with Gasteiger partial charge in [-0.3, -0.25) is 0 Å². The van der Waals surface area contributed by atoms with Crippen molar-refractivity contribution in [3.05, 3.63) is 47.3 Å². The van der Waals surface area contributed by atoms with Crippen LogP contribution in [0.3, 0.4) is 0 Å². The average molecular weight is 474 g/mol. The number of likely N-dealkylation sites (N-methyl/N-ethyl adjacent to an activating group) is 1. The monoisotopic (exact) mass is 473 g/mol. The van der Waals surface area contributed by atoms with Gasteiger partial charge in [-0.05, 0) is 57.5 Å². The first-order valence-corrected chi connectivity index (χ1v) is 12.3. The highest BCUT2D eigenvalue weighted by molar-refractivity contribution is 5.85. The number of hydrogen-bond acceptors (Lipinski definition) is 8. The van der Waals surface area contributed by atoms with E-state index in [0.717, 1.165) is 59.9 Å². The predicted octanol–water partition coefficient (Wildman–Crippen LogP) is 5.12. The highest BCUT2D eigenvalue weighted by atomic mass is 16.5. The van der Waals surface area contributed by atoms with E-state index in [2.05, 4.69) is 57.2 Å². The van der Waals surface area contributed by atoms with Gasteiger partial charge in [0.15, 0.2) is 0 Å². The molecule has 35 heavy (non-hydrogen) atoms. The molecule has 1 aromatic carbocycles. The molecule has 0 radical (unpaired) electrons. The van der Waals surface area contributed by atoms with Gasteiger partial charge in [0.2, 0.25) is 5.88 Å². The molecule has 3 aromatic heterocycles. The van der Waals surface area contributed by atoms with E-state index in [-0.39, 0.29) is 0 Å². The molecule has 0 amide bonds. The van der Waals surface area contributed by atoms with Crippen LogP contribution in [0.1, 0.15) is 42.1 Å². The van der Waals surface area contributed by atoms with Crippen LogP contribution in [0.15, 0.2) is 34.9 Å². The van der Waals surface area contributed by atoms with Gasteiger partial charge in [0.25, 0.3) is 0 Å². The van der Waals surface area contributed by atoms with Gasteiger partial charge in [-0.2, -0.15) is 9.97 Å². The van der Waals surface area contributed by atoms with Crippen molar-refractivity contribution in [3.63, 3.8) is 0 Å². The molecule has 0 atom stereocenters. The Bertz CT molecular complexity index is 1350. The largest absolute Gasteiger partial charge is 0.424 e. The number of nitrogens with one attached hydrogen (secondary N) is 2.